The van der Waals surface area contributed by atoms with E-state index >= 15 is 0 Å². The largest absolute Gasteiger partial charge is 0.339 e. The van der Waals surface area contributed by atoms with Crippen molar-refractivity contribution < 1.29 is 9.59 Å². The topological polar surface area (TPSA) is 90.5 Å². The van der Waals surface area contributed by atoms with Crippen LogP contribution in [0.2, 0.25) is 0 Å². The number of anilines is 1. The van der Waals surface area contributed by atoms with Gasteiger partial charge < -0.3 is 9.47 Å². The Bertz CT molecular complexity index is 1520. The average Bonchev–Trinajstić information content (AvgIpc) is 3.29. The zero-order valence-corrected chi connectivity index (χ0v) is 18.7. The van der Waals surface area contributed by atoms with Crippen LogP contribution in [0.1, 0.15) is 43.2 Å². The number of nitrogens with one attached hydrogen (secondary N) is 1. The van der Waals surface area contributed by atoms with E-state index in [9.17, 15) is 9.59 Å². The molecule has 5 rings (SSSR count). The van der Waals surface area contributed by atoms with E-state index in [4.69, 9.17) is 5.26 Å². The third-order valence-corrected chi connectivity index (χ3v) is 6.26. The van der Waals surface area contributed by atoms with Crippen molar-refractivity contribution in [3.05, 3.63) is 100 Å². The second-order valence-corrected chi connectivity index (χ2v) is 8.21. The Kier molecular flexibility index (Phi) is 5.19. The molecule has 2 heterocycles. The molecular formula is C27H21N5O2. The Labute approximate surface area is 196 Å². The number of nitriles is 1. The summed E-state index contributed by atoms with van der Waals surface area (Å²) < 4.78 is 1.77. The molecule has 3 aromatic carbocycles. The number of carbonyl (C=O) groups is 2. The van der Waals surface area contributed by atoms with E-state index in [-0.39, 0.29) is 11.8 Å². The molecule has 0 saturated carbocycles. The normalized spacial score (nSPS) is 12.5. The number of benzene rings is 3. The predicted octanol–water partition coefficient (Wildman–Crippen LogP) is 4.28. The minimum absolute atomic E-state index is 0.0151. The summed E-state index contributed by atoms with van der Waals surface area (Å²) in [7, 11) is 1.81. The Morgan fingerprint density at radius 2 is 1.85 bits per heavy atom. The second-order valence-electron chi connectivity index (χ2n) is 8.21. The molecule has 0 spiro atoms. The van der Waals surface area contributed by atoms with Crippen LogP contribution in [0.15, 0.2) is 71.8 Å². The number of aromatic nitrogens is 1. The van der Waals surface area contributed by atoms with Crippen LogP contribution in [0.5, 0.6) is 0 Å². The second kappa shape index (κ2) is 8.34. The number of carbonyl (C=O) groups excluding carboxylic acids is 2. The van der Waals surface area contributed by atoms with E-state index in [2.05, 4.69) is 16.6 Å². The molecule has 1 N–H and O–H groups in total. The van der Waals surface area contributed by atoms with Crippen LogP contribution in [0, 0.1) is 18.3 Å². The summed E-state index contributed by atoms with van der Waals surface area (Å²) in [4.78, 5) is 27.2. The summed E-state index contributed by atoms with van der Waals surface area (Å²) in [5.74, 6) is -0.356. The van der Waals surface area contributed by atoms with Crippen LogP contribution in [-0.4, -0.2) is 22.6 Å². The molecule has 7 nitrogen and oxygen atoms in total. The van der Waals surface area contributed by atoms with Crippen molar-refractivity contribution in [3.63, 3.8) is 0 Å². The van der Waals surface area contributed by atoms with Gasteiger partial charge >= 0.3 is 0 Å². The van der Waals surface area contributed by atoms with Gasteiger partial charge in [-0.2, -0.15) is 10.4 Å². The van der Waals surface area contributed by atoms with Gasteiger partial charge in [-0.05, 0) is 48.2 Å². The Hall–Kier alpha value is -4.70. The maximum atomic E-state index is 13.0. The molecule has 0 unspecified atom stereocenters. The molecule has 34 heavy (non-hydrogen) atoms. The molecule has 1 aromatic heterocycles. The van der Waals surface area contributed by atoms with Crippen LogP contribution in [0.3, 0.4) is 0 Å². The first-order valence-electron chi connectivity index (χ1n) is 10.8. The lowest BCUT2D eigenvalue weighted by atomic mass is 10.1. The summed E-state index contributed by atoms with van der Waals surface area (Å²) in [5, 5.41) is 15.2. The van der Waals surface area contributed by atoms with Gasteiger partial charge in [0.15, 0.2) is 0 Å². The number of rotatable bonds is 5. The van der Waals surface area contributed by atoms with Gasteiger partial charge in [0.2, 0.25) is 0 Å². The molecule has 0 aliphatic carbocycles. The Morgan fingerprint density at radius 3 is 2.56 bits per heavy atom. The first-order chi connectivity index (χ1) is 16.5. The quantitative estimate of drug-likeness (QED) is 0.366. The number of amides is 2. The maximum Gasteiger partial charge on any atom is 0.271 e. The summed E-state index contributed by atoms with van der Waals surface area (Å²) >= 11 is 0. The van der Waals surface area contributed by atoms with Gasteiger partial charge in [-0.15, -0.1) is 0 Å². The van der Waals surface area contributed by atoms with Crippen molar-refractivity contribution in [3.8, 4) is 6.07 Å². The SMILES string of the molecule is Cc1c(/C=N\NC(=O)c2ccc(CN3C(=O)c4cccc5cccc3c45)cc2)cc(C#N)n1C. The highest BCUT2D eigenvalue weighted by Gasteiger charge is 2.29. The minimum atomic E-state index is -0.341. The van der Waals surface area contributed by atoms with Gasteiger partial charge in [-0.3, -0.25) is 9.59 Å². The van der Waals surface area contributed by atoms with E-state index in [1.54, 1.807) is 34.7 Å². The molecule has 0 bridgehead atoms. The van der Waals surface area contributed by atoms with Crippen LogP contribution in [-0.2, 0) is 13.6 Å². The van der Waals surface area contributed by atoms with Crippen LogP contribution in [0.25, 0.3) is 10.8 Å². The molecular weight excluding hydrogens is 426 g/mol. The van der Waals surface area contributed by atoms with Gasteiger partial charge in [-0.25, -0.2) is 5.43 Å². The Morgan fingerprint density at radius 1 is 1.12 bits per heavy atom. The van der Waals surface area contributed by atoms with E-state index in [1.807, 2.05) is 55.5 Å². The van der Waals surface area contributed by atoms with Crippen molar-refractivity contribution in [2.75, 3.05) is 4.90 Å². The molecule has 0 atom stereocenters. The first kappa shape index (κ1) is 21.2. The van der Waals surface area contributed by atoms with E-state index in [1.165, 1.54) is 6.21 Å². The third kappa shape index (κ3) is 3.51. The average molecular weight is 447 g/mol. The van der Waals surface area contributed by atoms with Crippen molar-refractivity contribution in [1.82, 2.24) is 9.99 Å². The minimum Gasteiger partial charge on any atom is -0.339 e. The Balaban J connectivity index is 1.27. The van der Waals surface area contributed by atoms with Gasteiger partial charge in [0.05, 0.1) is 18.4 Å². The summed E-state index contributed by atoms with van der Waals surface area (Å²) in [6.45, 7) is 2.30. The van der Waals surface area contributed by atoms with Gasteiger partial charge in [0, 0.05) is 34.8 Å². The first-order valence-corrected chi connectivity index (χ1v) is 10.8. The molecule has 1 aliphatic heterocycles. The maximum absolute atomic E-state index is 13.0. The number of nitrogens with zero attached hydrogens (tertiary/aromatic N) is 4. The van der Waals surface area contributed by atoms with Crippen molar-refractivity contribution in [1.29, 1.82) is 5.26 Å². The van der Waals surface area contributed by atoms with Crippen molar-refractivity contribution in [2.45, 2.75) is 13.5 Å². The molecule has 166 valence electrons. The van der Waals surface area contributed by atoms with Crippen LogP contribution in [0.4, 0.5) is 5.69 Å². The van der Waals surface area contributed by atoms with Gasteiger partial charge in [0.1, 0.15) is 11.8 Å². The highest BCUT2D eigenvalue weighted by atomic mass is 16.2. The standard InChI is InChI=1S/C27H21N5O2/c1-17-21(13-22(14-28)31(17)2)15-29-30-26(33)20-11-9-18(10-12-20)16-32-24-8-4-6-19-5-3-7-23(25(19)24)27(32)34/h3-13,15H,16H2,1-2H3,(H,30,33)/b29-15-. The smallest absolute Gasteiger partial charge is 0.271 e. The number of hydrogen-bond acceptors (Lipinski definition) is 4. The molecule has 0 radical (unpaired) electrons. The lowest BCUT2D eigenvalue weighted by Crippen LogP contribution is -2.26. The van der Waals surface area contributed by atoms with Crippen LogP contribution < -0.4 is 10.3 Å². The molecule has 4 aromatic rings. The highest BCUT2D eigenvalue weighted by Crippen LogP contribution is 2.37. The summed E-state index contributed by atoms with van der Waals surface area (Å²) in [6, 6.07) is 22.7. The summed E-state index contributed by atoms with van der Waals surface area (Å²) in [6.07, 6.45) is 1.53. The predicted molar refractivity (Wildman–Crippen MR) is 131 cm³/mol. The number of hydrazone groups is 1. The molecule has 1 aliphatic rings. The van der Waals surface area contributed by atoms with E-state index in [0.717, 1.165) is 38.8 Å². The summed E-state index contributed by atoms with van der Waals surface area (Å²) in [5.41, 5.74) is 7.70. The monoisotopic (exact) mass is 447 g/mol. The lowest BCUT2D eigenvalue weighted by Gasteiger charge is -2.18. The van der Waals surface area contributed by atoms with Gasteiger partial charge in [0.25, 0.3) is 11.8 Å². The zero-order valence-electron chi connectivity index (χ0n) is 18.7. The highest BCUT2D eigenvalue weighted by molar-refractivity contribution is 6.24. The van der Waals surface area contributed by atoms with Crippen molar-refractivity contribution >= 4 is 34.5 Å². The molecule has 0 fully saturated rings. The number of hydrogen-bond donors (Lipinski definition) is 1. The fraction of sp³-hybridized carbons (Fsp3) is 0.111. The third-order valence-electron chi connectivity index (χ3n) is 6.26. The van der Waals surface area contributed by atoms with Crippen LogP contribution >= 0.6 is 0 Å². The molecule has 7 heteroatoms. The van der Waals surface area contributed by atoms with E-state index < -0.39 is 0 Å². The lowest BCUT2D eigenvalue weighted by molar-refractivity contribution is 0.0953. The van der Waals surface area contributed by atoms with E-state index in [0.29, 0.717) is 17.8 Å². The molecule has 2 amide bonds. The zero-order chi connectivity index (χ0) is 23.8. The van der Waals surface area contributed by atoms with Crippen molar-refractivity contribution in [2.24, 2.45) is 12.1 Å². The fourth-order valence-corrected chi connectivity index (χ4v) is 4.27. The molecule has 0 saturated heterocycles. The van der Waals surface area contributed by atoms with Gasteiger partial charge in [-0.1, -0.05) is 36.4 Å². The fourth-order valence-electron chi connectivity index (χ4n) is 4.27.